The van der Waals surface area contributed by atoms with E-state index in [4.69, 9.17) is 5.11 Å². The van der Waals surface area contributed by atoms with Gasteiger partial charge in [-0.2, -0.15) is 5.10 Å². The average molecular weight is 196 g/mol. The van der Waals surface area contributed by atoms with Gasteiger partial charge in [-0.3, -0.25) is 9.48 Å². The first-order valence-corrected chi connectivity index (χ1v) is 4.69. The van der Waals surface area contributed by atoms with Gasteiger partial charge >= 0.3 is 5.97 Å². The summed E-state index contributed by atoms with van der Waals surface area (Å²) in [4.78, 5) is 10.8. The lowest BCUT2D eigenvalue weighted by Crippen LogP contribution is -2.23. The molecule has 14 heavy (non-hydrogen) atoms. The summed E-state index contributed by atoms with van der Waals surface area (Å²) in [7, 11) is 0. The third-order valence-electron chi connectivity index (χ3n) is 2.54. The fraction of sp³-hybridized carbons (Fsp3) is 0.600. The highest BCUT2D eigenvalue weighted by molar-refractivity contribution is 5.70. The van der Waals surface area contributed by atoms with Crippen LogP contribution in [-0.4, -0.2) is 20.9 Å². The van der Waals surface area contributed by atoms with Crippen molar-refractivity contribution in [2.24, 2.45) is 5.92 Å². The highest BCUT2D eigenvalue weighted by Crippen LogP contribution is 2.19. The van der Waals surface area contributed by atoms with Crippen LogP contribution in [0.5, 0.6) is 0 Å². The largest absolute Gasteiger partial charge is 0.481 e. The van der Waals surface area contributed by atoms with Crippen LogP contribution in [0.4, 0.5) is 0 Å². The summed E-state index contributed by atoms with van der Waals surface area (Å²) in [5.41, 5.74) is 1.93. The van der Waals surface area contributed by atoms with Crippen LogP contribution in [0, 0.1) is 19.8 Å². The van der Waals surface area contributed by atoms with Crippen molar-refractivity contribution in [2.45, 2.75) is 33.7 Å². The van der Waals surface area contributed by atoms with Crippen LogP contribution in [0.1, 0.15) is 31.3 Å². The maximum absolute atomic E-state index is 10.8. The first kappa shape index (κ1) is 10.8. The van der Waals surface area contributed by atoms with Gasteiger partial charge in [-0.15, -0.1) is 0 Å². The predicted molar refractivity (Wildman–Crippen MR) is 53.2 cm³/mol. The third-order valence-corrected chi connectivity index (χ3v) is 2.54. The molecule has 0 spiro atoms. The Labute approximate surface area is 83.5 Å². The smallest absolute Gasteiger partial charge is 0.308 e. The number of carbonyl (C=O) groups is 1. The summed E-state index contributed by atoms with van der Waals surface area (Å²) in [6, 6.07) is 1.84. The van der Waals surface area contributed by atoms with Crippen molar-refractivity contribution in [1.29, 1.82) is 0 Å². The molecule has 0 saturated carbocycles. The van der Waals surface area contributed by atoms with E-state index in [1.807, 2.05) is 26.8 Å². The topological polar surface area (TPSA) is 55.1 Å². The van der Waals surface area contributed by atoms with Gasteiger partial charge in [0.1, 0.15) is 0 Å². The summed E-state index contributed by atoms with van der Waals surface area (Å²) >= 11 is 0. The Balaban J connectivity index is 2.94. The number of nitrogens with zero attached hydrogens (tertiary/aromatic N) is 2. The third kappa shape index (κ3) is 1.95. The van der Waals surface area contributed by atoms with Crippen LogP contribution < -0.4 is 0 Å². The molecule has 0 saturated heterocycles. The molecule has 0 aromatic carbocycles. The molecule has 1 aromatic rings. The molecule has 0 fully saturated rings. The van der Waals surface area contributed by atoms with Crippen LogP contribution >= 0.6 is 0 Å². The Bertz CT molecular complexity index is 344. The molecule has 0 aliphatic carbocycles. The molecule has 0 bridgehead atoms. The zero-order valence-corrected chi connectivity index (χ0v) is 8.98. The molecular weight excluding hydrogens is 180 g/mol. The van der Waals surface area contributed by atoms with Crippen LogP contribution in [0.25, 0.3) is 0 Å². The monoisotopic (exact) mass is 196 g/mol. The fourth-order valence-electron chi connectivity index (χ4n) is 1.48. The van der Waals surface area contributed by atoms with Gasteiger partial charge in [-0.25, -0.2) is 0 Å². The van der Waals surface area contributed by atoms with Gasteiger partial charge in [0.05, 0.1) is 17.7 Å². The lowest BCUT2D eigenvalue weighted by atomic mass is 10.0. The number of carboxylic acids is 1. The van der Waals surface area contributed by atoms with Gasteiger partial charge in [0.15, 0.2) is 0 Å². The van der Waals surface area contributed by atoms with E-state index in [1.165, 1.54) is 0 Å². The van der Waals surface area contributed by atoms with E-state index in [-0.39, 0.29) is 6.04 Å². The van der Waals surface area contributed by atoms with Crippen molar-refractivity contribution in [2.75, 3.05) is 0 Å². The second kappa shape index (κ2) is 3.82. The first-order valence-electron chi connectivity index (χ1n) is 4.69. The number of aromatic nitrogens is 2. The van der Waals surface area contributed by atoms with Crippen LogP contribution in [-0.2, 0) is 4.79 Å². The second-order valence-corrected chi connectivity index (χ2v) is 3.74. The van der Waals surface area contributed by atoms with E-state index in [1.54, 1.807) is 11.6 Å². The number of hydrogen-bond donors (Lipinski definition) is 1. The summed E-state index contributed by atoms with van der Waals surface area (Å²) in [5, 5.41) is 13.1. The zero-order valence-electron chi connectivity index (χ0n) is 8.98. The molecule has 2 atom stereocenters. The molecular formula is C10H16N2O2. The van der Waals surface area contributed by atoms with E-state index >= 15 is 0 Å². The first-order chi connectivity index (χ1) is 6.43. The van der Waals surface area contributed by atoms with Gasteiger partial charge in [-0.05, 0) is 33.8 Å². The zero-order chi connectivity index (χ0) is 10.9. The molecule has 0 aliphatic heterocycles. The molecule has 1 rings (SSSR count). The molecule has 0 amide bonds. The number of rotatable bonds is 3. The Morgan fingerprint density at radius 3 is 2.43 bits per heavy atom. The maximum Gasteiger partial charge on any atom is 0.308 e. The number of carboxylic acid groups (broad SMARTS) is 1. The van der Waals surface area contributed by atoms with Crippen LogP contribution in [0.3, 0.4) is 0 Å². The summed E-state index contributed by atoms with van der Waals surface area (Å²) in [5.74, 6) is -1.21. The highest BCUT2D eigenvalue weighted by Gasteiger charge is 2.22. The van der Waals surface area contributed by atoms with Gasteiger partial charge in [0.25, 0.3) is 0 Å². The molecule has 1 aromatic heterocycles. The van der Waals surface area contributed by atoms with E-state index in [0.29, 0.717) is 0 Å². The molecule has 0 radical (unpaired) electrons. The number of aliphatic carboxylic acids is 1. The molecule has 4 heteroatoms. The van der Waals surface area contributed by atoms with Crippen LogP contribution in [0.15, 0.2) is 6.07 Å². The highest BCUT2D eigenvalue weighted by atomic mass is 16.4. The Morgan fingerprint density at radius 2 is 2.07 bits per heavy atom. The second-order valence-electron chi connectivity index (χ2n) is 3.74. The van der Waals surface area contributed by atoms with Gasteiger partial charge < -0.3 is 5.11 Å². The minimum Gasteiger partial charge on any atom is -0.481 e. The quantitative estimate of drug-likeness (QED) is 0.801. The minimum absolute atomic E-state index is 0.110. The normalized spacial score (nSPS) is 15.1. The number of aryl methyl sites for hydroxylation is 2. The van der Waals surface area contributed by atoms with Gasteiger partial charge in [0.2, 0.25) is 0 Å². The van der Waals surface area contributed by atoms with Crippen molar-refractivity contribution in [1.82, 2.24) is 9.78 Å². The summed E-state index contributed by atoms with van der Waals surface area (Å²) < 4.78 is 1.77. The molecule has 1 heterocycles. The Hall–Kier alpha value is -1.32. The number of hydrogen-bond acceptors (Lipinski definition) is 2. The van der Waals surface area contributed by atoms with E-state index in [9.17, 15) is 4.79 Å². The van der Waals surface area contributed by atoms with Crippen molar-refractivity contribution in [3.05, 3.63) is 17.5 Å². The van der Waals surface area contributed by atoms with E-state index in [2.05, 4.69) is 5.10 Å². The fourth-order valence-corrected chi connectivity index (χ4v) is 1.48. The van der Waals surface area contributed by atoms with E-state index < -0.39 is 11.9 Å². The summed E-state index contributed by atoms with van der Waals surface area (Å²) in [6.07, 6.45) is 0. The molecule has 1 N–H and O–H groups in total. The van der Waals surface area contributed by atoms with Gasteiger partial charge in [0, 0.05) is 5.69 Å². The standard InChI is InChI=1S/C10H16N2O2/c1-6-5-7(2)12(11-6)9(4)8(3)10(13)14/h5,8-9H,1-4H3,(H,13,14)/t8-,9-/m1/s1. The Kier molecular flexibility index (Phi) is 2.93. The Morgan fingerprint density at radius 1 is 1.50 bits per heavy atom. The minimum atomic E-state index is -0.787. The van der Waals surface area contributed by atoms with Crippen molar-refractivity contribution in [3.8, 4) is 0 Å². The molecule has 0 unspecified atom stereocenters. The maximum atomic E-state index is 10.8. The SMILES string of the molecule is Cc1cc(C)n([C@H](C)[C@@H](C)C(=O)O)n1. The lowest BCUT2D eigenvalue weighted by Gasteiger charge is -2.18. The molecule has 4 nitrogen and oxygen atoms in total. The predicted octanol–water partition coefficient (Wildman–Crippen LogP) is 1.78. The van der Waals surface area contributed by atoms with E-state index in [0.717, 1.165) is 11.4 Å². The lowest BCUT2D eigenvalue weighted by molar-refractivity contribution is -0.142. The van der Waals surface area contributed by atoms with Crippen molar-refractivity contribution < 1.29 is 9.90 Å². The molecule has 78 valence electrons. The van der Waals surface area contributed by atoms with Crippen molar-refractivity contribution >= 4 is 5.97 Å². The molecule has 0 aliphatic rings. The van der Waals surface area contributed by atoms with Gasteiger partial charge in [-0.1, -0.05) is 0 Å². The van der Waals surface area contributed by atoms with Crippen LogP contribution in [0.2, 0.25) is 0 Å². The van der Waals surface area contributed by atoms with Crippen molar-refractivity contribution in [3.63, 3.8) is 0 Å². The summed E-state index contributed by atoms with van der Waals surface area (Å²) in [6.45, 7) is 7.41. The average Bonchev–Trinajstić information content (AvgIpc) is 2.42.